The number of amides is 1. The monoisotopic (exact) mass is 1400 g/mol. The Morgan fingerprint density at radius 2 is 1.72 bits per heavy atom. The first-order valence-corrected chi connectivity index (χ1v) is 38.0. The standard InChI is InChI=1S/C62H84FN10O16P3S2/c1-9-32-71-48-28-26-42(3)36-46(48)60(5,6)52(71)23-14-11-15-24-53-61(7,47-37-43(4)27-29-49(47)72(53)33-10-2)30-16-12-13-21-45(74)22-19-35-93-94-41-84-34-18-25-54(75)66-31-17-20-44-39-73(57-56(44)58(76)68-59(64)67-57)55-38-50(87-62(8,63)69-70-65)51(86-55)40-85-91(80,81)89-92(82,83)88-90(77,78)79/h11,14-15,23-24,26-29,36-37,39,50-51,55H,9-10,12-13,16,18-19,21-22,25,30-35,38,40-41H2,1-8H3,(H7-,64,66,67,68,75,76,77,78,79,80,81,82,83)/p+1/t50-,51-,55-,61?,62-/m1/s1. The van der Waals surface area contributed by atoms with Crippen LogP contribution < -0.4 is 21.5 Å². The number of unbranched alkanes of at least 4 members (excludes halogenated alkanes) is 2. The lowest BCUT2D eigenvalue weighted by molar-refractivity contribution is -0.437. The quantitative estimate of drug-likeness (QED) is 0.00190. The SMILES string of the molecule is CCCN1\C(=C/C=C/C=C/C2=[N+](CCC)c3ccc(C)cc3C2(C)C)C(C)(CCCCCC(=O)CCCSSCOCCCC(=O)NCC#Cc2cn([C@H]3C[C@@H](O[C@](C)(F)N=[N+]=[N-])[C@@H](COP(=O)(O)OP(=O)(O)OP(=O)(O)O)O3)c3nc(N)[nH]c(=O)c23)c2cc(C)ccc21. The van der Waals surface area contributed by atoms with E-state index in [2.05, 4.69) is 170 Å². The first kappa shape index (κ1) is 75.7. The van der Waals surface area contributed by atoms with E-state index in [0.29, 0.717) is 31.8 Å². The maximum atomic E-state index is 15.1. The van der Waals surface area contributed by atoms with E-state index in [0.717, 1.165) is 70.7 Å². The number of phosphoric acid groups is 3. The summed E-state index contributed by atoms with van der Waals surface area (Å²) in [6, 6.07) is 13.7. The average molecular weight is 1400 g/mol. The third-order valence-electron chi connectivity index (χ3n) is 16.0. The minimum absolute atomic E-state index is 0.0759. The highest BCUT2D eigenvalue weighted by Crippen LogP contribution is 2.66. The third kappa shape index (κ3) is 20.7. The highest BCUT2D eigenvalue weighted by Gasteiger charge is 2.47. The zero-order valence-corrected chi connectivity index (χ0v) is 58.3. The molecule has 26 nitrogen and oxygen atoms in total. The Labute approximate surface area is 554 Å². The summed E-state index contributed by atoms with van der Waals surface area (Å²) in [6.45, 7) is 17.6. The number of aromatic nitrogens is 3. The number of aromatic amines is 1. The Hall–Kier alpha value is -5.72. The molecular formula is C62H85FN10O16P3S2+. The smallest absolute Gasteiger partial charge is 0.370 e. The highest BCUT2D eigenvalue weighted by molar-refractivity contribution is 8.76. The second-order valence-electron chi connectivity index (χ2n) is 23.9. The molecule has 4 aromatic rings. The maximum Gasteiger partial charge on any atom is 0.490 e. The minimum atomic E-state index is -5.90. The molecule has 0 bridgehead atoms. The van der Waals surface area contributed by atoms with Gasteiger partial charge in [-0.1, -0.05) is 108 Å². The molecule has 7 rings (SSSR count). The van der Waals surface area contributed by atoms with E-state index in [1.807, 2.05) is 0 Å². The lowest BCUT2D eigenvalue weighted by Gasteiger charge is -2.30. The number of rotatable bonds is 36. The van der Waals surface area contributed by atoms with Crippen LogP contribution in [0, 0.1) is 25.7 Å². The molecule has 512 valence electrons. The molecule has 3 aliphatic heterocycles. The van der Waals surface area contributed by atoms with Gasteiger partial charge >= 0.3 is 23.5 Å². The summed E-state index contributed by atoms with van der Waals surface area (Å²) in [7, 11) is -14.1. The number of carbonyl (C=O) groups excluding carboxylic acids is 2. The Bertz CT molecular complexity index is 3860. The molecule has 0 radical (unpaired) electrons. The molecule has 1 saturated heterocycles. The summed E-state index contributed by atoms with van der Waals surface area (Å²) < 4.78 is 83.4. The van der Waals surface area contributed by atoms with Crippen LogP contribution in [0.5, 0.6) is 0 Å². The third-order valence-corrected chi connectivity index (χ3v) is 22.0. The zero-order chi connectivity index (χ0) is 68.7. The number of anilines is 2. The number of nitrogens with zero attached hydrogens (tertiary/aromatic N) is 7. The lowest BCUT2D eigenvalue weighted by Crippen LogP contribution is -2.35. The molecule has 0 saturated carbocycles. The number of nitrogen functional groups attached to an aromatic ring is 1. The lowest BCUT2D eigenvalue weighted by atomic mass is 9.76. The predicted octanol–water partition coefficient (Wildman–Crippen LogP) is 12.5. The van der Waals surface area contributed by atoms with E-state index >= 15 is 4.39 Å². The number of phosphoric ester groups is 1. The van der Waals surface area contributed by atoms with Gasteiger partial charge in [-0.15, -0.1) is 0 Å². The number of ether oxygens (including phenoxy) is 3. The van der Waals surface area contributed by atoms with Crippen LogP contribution in [-0.4, -0.2) is 119 Å². The van der Waals surface area contributed by atoms with E-state index in [-0.39, 0.29) is 64.5 Å². The number of ketones is 1. The molecule has 32 heteroatoms. The Morgan fingerprint density at radius 3 is 2.45 bits per heavy atom. The van der Waals surface area contributed by atoms with Gasteiger partial charge in [0.25, 0.3) is 11.5 Å². The number of nitrogens with two attached hydrogens (primary N) is 1. The number of alkyl halides is 1. The number of allylic oxidation sites excluding steroid dienone is 6. The van der Waals surface area contributed by atoms with Gasteiger partial charge in [0.2, 0.25) is 17.5 Å². The van der Waals surface area contributed by atoms with E-state index in [9.17, 15) is 37.9 Å². The van der Waals surface area contributed by atoms with Gasteiger partial charge in [-0.2, -0.15) is 18.2 Å². The number of nitrogens with one attached hydrogen (secondary N) is 2. The summed E-state index contributed by atoms with van der Waals surface area (Å²) in [4.78, 5) is 87.6. The van der Waals surface area contributed by atoms with Crippen molar-refractivity contribution in [1.29, 1.82) is 0 Å². The van der Waals surface area contributed by atoms with Crippen LogP contribution >= 0.6 is 45.1 Å². The van der Waals surface area contributed by atoms with Gasteiger partial charge < -0.3 is 54.3 Å². The van der Waals surface area contributed by atoms with Gasteiger partial charge in [0.05, 0.1) is 35.6 Å². The average Bonchev–Trinajstić information content (AvgIpc) is 1.61. The number of aryl methyl sites for hydroxylation is 2. The fourth-order valence-electron chi connectivity index (χ4n) is 11.8. The van der Waals surface area contributed by atoms with Crippen molar-refractivity contribution in [2.24, 2.45) is 5.11 Å². The summed E-state index contributed by atoms with van der Waals surface area (Å²) >= 11 is 0. The number of fused-ring (bicyclic) bond motifs is 3. The number of Topliss-reactive ketones (excluding diaryl/α,β-unsaturated/α-hetero) is 1. The van der Waals surface area contributed by atoms with Gasteiger partial charge in [-0.3, -0.25) is 23.9 Å². The highest BCUT2D eigenvalue weighted by atomic mass is 33.1. The van der Waals surface area contributed by atoms with Gasteiger partial charge in [-0.05, 0) is 101 Å². The molecule has 94 heavy (non-hydrogen) atoms. The summed E-state index contributed by atoms with van der Waals surface area (Å²) in [5.41, 5.74) is 24.2. The summed E-state index contributed by atoms with van der Waals surface area (Å²) in [5.74, 6) is 3.38. The van der Waals surface area contributed by atoms with E-state index in [4.69, 9.17) is 39.8 Å². The molecule has 2 aromatic heterocycles. The topological polar surface area (TPSA) is 365 Å². The number of halogens is 1. The maximum absolute atomic E-state index is 15.1. The van der Waals surface area contributed by atoms with Crippen LogP contribution in [0.3, 0.4) is 0 Å². The van der Waals surface area contributed by atoms with E-state index in [1.54, 1.807) is 21.6 Å². The molecular weight excluding hydrogens is 1320 g/mol. The van der Waals surface area contributed by atoms with Gasteiger partial charge in [0.15, 0.2) is 11.4 Å². The number of hydrogen-bond acceptors (Lipinski definition) is 18. The van der Waals surface area contributed by atoms with Gasteiger partial charge in [0, 0.05) is 104 Å². The van der Waals surface area contributed by atoms with Crippen molar-refractivity contribution in [1.82, 2.24) is 19.9 Å². The van der Waals surface area contributed by atoms with Crippen molar-refractivity contribution < 1.29 is 79.2 Å². The fraction of sp³-hybridized carbons (Fsp3) is 0.532. The predicted molar refractivity (Wildman–Crippen MR) is 361 cm³/mol. The molecule has 3 unspecified atom stereocenters. The van der Waals surface area contributed by atoms with Crippen molar-refractivity contribution >= 4 is 90.8 Å². The Kier molecular flexibility index (Phi) is 27.0. The first-order chi connectivity index (χ1) is 44.4. The Balaban J connectivity index is 0.807. The van der Waals surface area contributed by atoms with Crippen LogP contribution in [0.25, 0.3) is 21.5 Å². The van der Waals surface area contributed by atoms with Crippen LogP contribution in [-0.2, 0) is 61.5 Å². The van der Waals surface area contributed by atoms with Crippen molar-refractivity contribution in [2.75, 3.05) is 55.2 Å². The molecule has 3 aliphatic rings. The van der Waals surface area contributed by atoms with E-state index in [1.165, 1.54) is 55.8 Å². The zero-order valence-electron chi connectivity index (χ0n) is 54.0. The van der Waals surface area contributed by atoms with Crippen molar-refractivity contribution in [3.8, 4) is 11.8 Å². The second kappa shape index (κ2) is 33.5. The molecule has 1 amide bonds. The number of H-pyrrole nitrogens is 1. The minimum Gasteiger partial charge on any atom is -0.370 e. The Morgan fingerprint density at radius 1 is 0.989 bits per heavy atom. The fourth-order valence-corrected chi connectivity index (χ4v) is 16.6. The molecule has 1 fully saturated rings. The molecule has 8 N–H and O–H groups in total. The van der Waals surface area contributed by atoms with Crippen molar-refractivity contribution in [3.63, 3.8) is 0 Å². The second-order valence-corrected chi connectivity index (χ2v) is 30.9. The molecule has 2 aromatic carbocycles. The molecule has 0 spiro atoms. The number of carbonyl (C=O) groups is 2. The molecule has 5 heterocycles. The molecule has 0 aliphatic carbocycles. The van der Waals surface area contributed by atoms with Crippen LogP contribution in [0.4, 0.5) is 21.7 Å². The summed E-state index contributed by atoms with van der Waals surface area (Å²) in [5, 5.41) is 5.52. The first-order valence-electron chi connectivity index (χ1n) is 31.0. The van der Waals surface area contributed by atoms with Crippen LogP contribution in [0.1, 0.15) is 153 Å². The van der Waals surface area contributed by atoms with E-state index < -0.39 is 60.0 Å². The van der Waals surface area contributed by atoms with Crippen molar-refractivity contribution in [2.45, 2.75) is 168 Å². The van der Waals surface area contributed by atoms with Crippen LogP contribution in [0.15, 0.2) is 88.6 Å². The number of hydrogen-bond donors (Lipinski definition) is 7. The molecule has 7 atom stereocenters. The number of azide groups is 1. The van der Waals surface area contributed by atoms with Crippen LogP contribution in [0.2, 0.25) is 0 Å². The summed E-state index contributed by atoms with van der Waals surface area (Å²) in [6.07, 6.45) is 16.1. The van der Waals surface area contributed by atoms with Gasteiger partial charge in [-0.25, -0.2) is 18.1 Å². The largest absolute Gasteiger partial charge is 0.490 e. The van der Waals surface area contributed by atoms with Crippen molar-refractivity contribution in [3.05, 3.63) is 127 Å². The van der Waals surface area contributed by atoms with Gasteiger partial charge in [0.1, 0.15) is 30.6 Å². The normalized spacial score (nSPS) is 20.9. The number of benzene rings is 2.